The Hall–Kier alpha value is -1.65. The van der Waals surface area contributed by atoms with Crippen LogP contribution in [0.3, 0.4) is 0 Å². The van der Waals surface area contributed by atoms with Gasteiger partial charge < -0.3 is 15.3 Å². The normalized spacial score (nSPS) is 32.9. The summed E-state index contributed by atoms with van der Waals surface area (Å²) in [4.78, 5) is 0. The van der Waals surface area contributed by atoms with Gasteiger partial charge in [0.2, 0.25) is 0 Å². The van der Waals surface area contributed by atoms with E-state index >= 15 is 0 Å². The Morgan fingerprint density at radius 1 is 0.977 bits per heavy atom. The molecule has 0 saturated heterocycles. The summed E-state index contributed by atoms with van der Waals surface area (Å²) in [6.45, 7) is 11.2. The highest BCUT2D eigenvalue weighted by atomic mass is 19.4. The summed E-state index contributed by atoms with van der Waals surface area (Å²) in [5.74, 6) is 0.0882. The summed E-state index contributed by atoms with van der Waals surface area (Å²) >= 11 is 0. The third-order valence-electron chi connectivity index (χ3n) is 10.4. The molecule has 3 fully saturated rings. The monoisotopic (exact) mass is 624 g/mol. The molecule has 0 aliphatic heterocycles. The van der Waals surface area contributed by atoms with Crippen molar-refractivity contribution in [1.29, 1.82) is 0 Å². The largest absolute Gasteiger partial charge is 0.429 e. The van der Waals surface area contributed by atoms with Gasteiger partial charge in [-0.3, -0.25) is 0 Å². The second-order valence-electron chi connectivity index (χ2n) is 14.3. The zero-order chi connectivity index (χ0) is 32.6. The minimum Gasteiger partial charge on any atom is -0.393 e. The van der Waals surface area contributed by atoms with Crippen LogP contribution in [0.25, 0.3) is 0 Å². The first-order valence-electron chi connectivity index (χ1n) is 15.2. The molecule has 0 aromatic heterocycles. The molecule has 246 valence electrons. The number of allylic oxidation sites excluding steroid dienone is 5. The number of hydrogen-bond donors (Lipinski definition) is 3. The highest BCUT2D eigenvalue weighted by Gasteiger charge is 2.69. The highest BCUT2D eigenvalue weighted by Crippen LogP contribution is 2.64. The lowest BCUT2D eigenvalue weighted by Crippen LogP contribution is -2.55. The van der Waals surface area contributed by atoms with Gasteiger partial charge in [-0.05, 0) is 112 Å². The van der Waals surface area contributed by atoms with Gasteiger partial charge in [-0.25, -0.2) is 4.39 Å². The van der Waals surface area contributed by atoms with Gasteiger partial charge >= 0.3 is 12.4 Å². The van der Waals surface area contributed by atoms with E-state index in [0.29, 0.717) is 36.8 Å². The number of aliphatic hydroxyl groups excluding tert-OH is 1. The van der Waals surface area contributed by atoms with Crippen molar-refractivity contribution in [2.75, 3.05) is 0 Å². The Bertz CT molecular complexity index is 1080. The summed E-state index contributed by atoms with van der Waals surface area (Å²) in [6, 6.07) is 0. The predicted molar refractivity (Wildman–Crippen MR) is 153 cm³/mol. The third-order valence-corrected chi connectivity index (χ3v) is 10.4. The van der Waals surface area contributed by atoms with E-state index in [9.17, 15) is 46.1 Å². The van der Waals surface area contributed by atoms with E-state index in [1.165, 1.54) is 5.57 Å². The van der Waals surface area contributed by atoms with Crippen LogP contribution in [-0.4, -0.2) is 51.1 Å². The van der Waals surface area contributed by atoms with Crippen molar-refractivity contribution in [2.24, 2.45) is 22.7 Å². The zero-order valence-corrected chi connectivity index (χ0v) is 25.6. The van der Waals surface area contributed by atoms with Crippen LogP contribution in [0.2, 0.25) is 0 Å². The standard InChI is InChI=1S/C33H47F7O3/c1-21-23(19-24(41)20-26(21)34)11-10-22-9-6-17-30(5)25(22)12-13-27(30)29(4,15-7-14-28(2,3)42)16-8-18-31(43,32(35,36)37)33(38,39)40/h8,10-11,18,24-27,41-43H,1,6-7,9,12-17,19-20H2,2-5H3/b18-8+,22-10+,23-11-/t24-,25?,26+,27-,29+,30+/m1/s1. The molecule has 3 rings (SSSR count). The number of hydrogen-bond acceptors (Lipinski definition) is 3. The molecule has 0 spiro atoms. The Balaban J connectivity index is 1.93. The maximum Gasteiger partial charge on any atom is 0.429 e. The lowest BCUT2D eigenvalue weighted by Gasteiger charge is -2.49. The Morgan fingerprint density at radius 2 is 1.60 bits per heavy atom. The molecule has 0 radical (unpaired) electrons. The van der Waals surface area contributed by atoms with Gasteiger partial charge in [0.05, 0.1) is 11.7 Å². The van der Waals surface area contributed by atoms with Crippen LogP contribution in [0.5, 0.6) is 0 Å². The van der Waals surface area contributed by atoms with Gasteiger partial charge in [0, 0.05) is 6.42 Å². The number of rotatable bonds is 9. The molecule has 0 bridgehead atoms. The van der Waals surface area contributed by atoms with Crippen LogP contribution < -0.4 is 0 Å². The lowest BCUT2D eigenvalue weighted by atomic mass is 9.55. The maximum atomic E-state index is 14.3. The molecular weight excluding hydrogens is 577 g/mol. The molecule has 3 aliphatic rings. The van der Waals surface area contributed by atoms with Gasteiger partial charge in [-0.1, -0.05) is 50.6 Å². The van der Waals surface area contributed by atoms with Crippen LogP contribution in [-0.2, 0) is 0 Å². The van der Waals surface area contributed by atoms with E-state index in [-0.39, 0.29) is 36.2 Å². The Labute approximate surface area is 250 Å². The van der Waals surface area contributed by atoms with Crippen LogP contribution in [0.1, 0.15) is 98.3 Å². The van der Waals surface area contributed by atoms with E-state index < -0.39 is 41.2 Å². The second-order valence-corrected chi connectivity index (χ2v) is 14.3. The average Bonchev–Trinajstić information content (AvgIpc) is 3.21. The fourth-order valence-electron chi connectivity index (χ4n) is 8.01. The number of halogens is 7. The third kappa shape index (κ3) is 7.78. The second kappa shape index (κ2) is 12.6. The summed E-state index contributed by atoms with van der Waals surface area (Å²) in [5.41, 5.74) is -4.69. The fourth-order valence-corrected chi connectivity index (χ4v) is 8.01. The quantitative estimate of drug-likeness (QED) is 0.177. The van der Waals surface area contributed by atoms with Crippen molar-refractivity contribution >= 4 is 0 Å². The van der Waals surface area contributed by atoms with Crippen LogP contribution >= 0.6 is 0 Å². The summed E-state index contributed by atoms with van der Waals surface area (Å²) in [7, 11) is 0. The van der Waals surface area contributed by atoms with Crippen molar-refractivity contribution in [2.45, 2.75) is 134 Å². The van der Waals surface area contributed by atoms with E-state index in [4.69, 9.17) is 0 Å². The predicted octanol–water partition coefficient (Wildman–Crippen LogP) is 8.85. The van der Waals surface area contributed by atoms with Crippen molar-refractivity contribution in [3.8, 4) is 0 Å². The van der Waals surface area contributed by atoms with E-state index in [2.05, 4.69) is 13.5 Å². The maximum absolute atomic E-state index is 14.3. The first-order chi connectivity index (χ1) is 19.5. The van der Waals surface area contributed by atoms with Crippen molar-refractivity contribution in [1.82, 2.24) is 0 Å². The molecule has 43 heavy (non-hydrogen) atoms. The van der Waals surface area contributed by atoms with Crippen molar-refractivity contribution < 1.29 is 46.1 Å². The van der Waals surface area contributed by atoms with Crippen LogP contribution in [0.15, 0.2) is 47.6 Å². The number of aliphatic hydroxyl groups is 3. The minimum atomic E-state index is -5.93. The molecule has 1 unspecified atom stereocenters. The summed E-state index contributed by atoms with van der Waals surface area (Å²) < 4.78 is 94.4. The first kappa shape index (κ1) is 35.8. The molecule has 3 N–H and O–H groups in total. The molecule has 0 heterocycles. The smallest absolute Gasteiger partial charge is 0.393 e. The molecule has 0 aromatic carbocycles. The molecule has 0 aromatic rings. The average molecular weight is 625 g/mol. The fraction of sp³-hybridized carbons (Fsp3) is 0.758. The van der Waals surface area contributed by atoms with Gasteiger partial charge in [-0.2, -0.15) is 26.3 Å². The van der Waals surface area contributed by atoms with E-state index in [1.807, 2.05) is 19.1 Å². The topological polar surface area (TPSA) is 60.7 Å². The van der Waals surface area contributed by atoms with Gasteiger partial charge in [0.15, 0.2) is 0 Å². The van der Waals surface area contributed by atoms with E-state index in [1.54, 1.807) is 13.8 Å². The number of fused-ring (bicyclic) bond motifs is 1. The zero-order valence-electron chi connectivity index (χ0n) is 25.6. The SMILES string of the molecule is C=C1/C(=C\C=C2/CCC[C@@]3(C)C2CC[C@@H]3[C@](C)(C/C=C/C(O)(C(F)(F)F)C(F)(F)F)CCCC(C)(C)O)C[C@@H](O)C[C@@H]1F. The van der Waals surface area contributed by atoms with Gasteiger partial charge in [0.1, 0.15) is 6.17 Å². The van der Waals surface area contributed by atoms with Gasteiger partial charge in [-0.15, -0.1) is 0 Å². The molecule has 3 nitrogen and oxygen atoms in total. The molecule has 3 aliphatic carbocycles. The first-order valence-corrected chi connectivity index (χ1v) is 15.2. The van der Waals surface area contributed by atoms with E-state index in [0.717, 1.165) is 38.2 Å². The summed E-state index contributed by atoms with van der Waals surface area (Å²) in [6.07, 6.45) is -3.71. The summed E-state index contributed by atoms with van der Waals surface area (Å²) in [5, 5.41) is 30.0. The molecule has 10 heteroatoms. The molecule has 0 amide bonds. The Morgan fingerprint density at radius 3 is 2.19 bits per heavy atom. The van der Waals surface area contributed by atoms with Crippen LogP contribution in [0.4, 0.5) is 30.7 Å². The molecule has 6 atom stereocenters. The number of alkyl halides is 7. The minimum absolute atomic E-state index is 0.0267. The van der Waals surface area contributed by atoms with Gasteiger partial charge in [0.25, 0.3) is 5.60 Å². The lowest BCUT2D eigenvalue weighted by molar-refractivity contribution is -0.347. The Kier molecular flexibility index (Phi) is 10.5. The molecular formula is C33H47F7O3. The highest BCUT2D eigenvalue weighted by molar-refractivity contribution is 5.39. The molecule has 3 saturated carbocycles. The van der Waals surface area contributed by atoms with Crippen molar-refractivity contribution in [3.05, 3.63) is 47.6 Å². The van der Waals surface area contributed by atoms with Crippen molar-refractivity contribution in [3.63, 3.8) is 0 Å². The van der Waals surface area contributed by atoms with Crippen LogP contribution in [0, 0.1) is 22.7 Å².